The van der Waals surface area contributed by atoms with E-state index in [4.69, 9.17) is 28.6 Å². The van der Waals surface area contributed by atoms with Gasteiger partial charge in [0.15, 0.2) is 5.11 Å². The summed E-state index contributed by atoms with van der Waals surface area (Å²) >= 11 is 11.4. The normalized spacial score (nSPS) is 10.4. The molecule has 0 fully saturated rings. The molecule has 150 valence electrons. The lowest BCUT2D eigenvalue weighted by Crippen LogP contribution is -2.18. The molecule has 0 spiro atoms. The van der Waals surface area contributed by atoms with Crippen molar-refractivity contribution in [2.24, 2.45) is 0 Å². The zero-order valence-corrected chi connectivity index (χ0v) is 17.1. The maximum atomic E-state index is 13.1. The Kier molecular flexibility index (Phi) is 6.79. The van der Waals surface area contributed by atoms with E-state index in [1.165, 1.54) is 12.1 Å². The molecular weight excluding hydrogens is 415 g/mol. The molecule has 0 aliphatic carbocycles. The van der Waals surface area contributed by atoms with Crippen molar-refractivity contribution in [1.82, 2.24) is 9.78 Å². The van der Waals surface area contributed by atoms with Gasteiger partial charge < -0.3 is 15.4 Å². The third-order valence-corrected chi connectivity index (χ3v) is 4.45. The van der Waals surface area contributed by atoms with Crippen molar-refractivity contribution in [1.29, 1.82) is 0 Å². The smallest absolute Gasteiger partial charge is 0.338 e. The number of hydrogen-bond acceptors (Lipinski definition) is 4. The van der Waals surface area contributed by atoms with Crippen LogP contribution in [0.3, 0.4) is 0 Å². The quantitative estimate of drug-likeness (QED) is 0.434. The molecule has 9 heteroatoms. The van der Waals surface area contributed by atoms with Gasteiger partial charge in [0.2, 0.25) is 0 Å². The second kappa shape index (κ2) is 9.49. The van der Waals surface area contributed by atoms with Crippen LogP contribution in [0.25, 0.3) is 0 Å². The zero-order valence-electron chi connectivity index (χ0n) is 15.5. The summed E-state index contributed by atoms with van der Waals surface area (Å²) in [6.45, 7) is 2.48. The molecule has 0 bridgehead atoms. The van der Waals surface area contributed by atoms with Crippen LogP contribution in [0.1, 0.15) is 22.8 Å². The highest BCUT2D eigenvalue weighted by Crippen LogP contribution is 2.19. The Labute approximate surface area is 177 Å². The number of halogens is 2. The molecule has 2 aromatic carbocycles. The third-order valence-electron chi connectivity index (χ3n) is 3.89. The number of esters is 1. The Bertz CT molecular complexity index is 1020. The van der Waals surface area contributed by atoms with Gasteiger partial charge in [0, 0.05) is 16.9 Å². The van der Waals surface area contributed by atoms with Gasteiger partial charge in [-0.25, -0.2) is 9.18 Å². The van der Waals surface area contributed by atoms with Crippen LogP contribution >= 0.6 is 23.8 Å². The average Bonchev–Trinajstić information content (AvgIpc) is 3.11. The summed E-state index contributed by atoms with van der Waals surface area (Å²) in [5.41, 5.74) is 2.63. The fourth-order valence-corrected chi connectivity index (χ4v) is 3.00. The van der Waals surface area contributed by atoms with Crippen molar-refractivity contribution in [2.45, 2.75) is 13.5 Å². The number of nitrogens with zero attached hydrogens (tertiary/aromatic N) is 2. The topological polar surface area (TPSA) is 68.2 Å². The van der Waals surface area contributed by atoms with Gasteiger partial charge in [-0.2, -0.15) is 5.10 Å². The fraction of sp³-hybridized carbons (Fsp3) is 0.150. The van der Waals surface area contributed by atoms with Gasteiger partial charge in [0.1, 0.15) is 5.82 Å². The van der Waals surface area contributed by atoms with Crippen molar-refractivity contribution in [3.05, 3.63) is 76.8 Å². The van der Waals surface area contributed by atoms with E-state index in [1.54, 1.807) is 54.3 Å². The van der Waals surface area contributed by atoms with Gasteiger partial charge in [0.25, 0.3) is 0 Å². The Balaban J connectivity index is 1.56. The highest BCUT2D eigenvalue weighted by molar-refractivity contribution is 7.80. The molecule has 0 saturated carbocycles. The van der Waals surface area contributed by atoms with E-state index in [0.717, 1.165) is 11.3 Å². The molecule has 0 amide bonds. The number of nitrogens with one attached hydrogen (secondary N) is 2. The number of ether oxygens (including phenoxy) is 1. The first kappa shape index (κ1) is 20.8. The first-order chi connectivity index (χ1) is 13.9. The van der Waals surface area contributed by atoms with Gasteiger partial charge in [-0.3, -0.25) is 4.68 Å². The summed E-state index contributed by atoms with van der Waals surface area (Å²) < 4.78 is 19.8. The molecule has 1 heterocycles. The number of thiocarbonyl (C=S) groups is 1. The minimum atomic E-state index is -0.381. The Hall–Kier alpha value is -2.97. The lowest BCUT2D eigenvalue weighted by Gasteiger charge is -2.09. The highest BCUT2D eigenvalue weighted by Gasteiger charge is 2.08. The minimum absolute atomic E-state index is 0.327. The van der Waals surface area contributed by atoms with Crippen LogP contribution in [0.15, 0.2) is 54.9 Å². The van der Waals surface area contributed by atoms with E-state index in [9.17, 15) is 9.18 Å². The molecule has 0 unspecified atom stereocenters. The van der Waals surface area contributed by atoms with Crippen molar-refractivity contribution in [3.8, 4) is 0 Å². The molecule has 0 radical (unpaired) electrons. The number of carbonyl (C=O) groups excluding carboxylic acids is 1. The predicted octanol–water partition coefficient (Wildman–Crippen LogP) is 4.71. The number of anilines is 2. The highest BCUT2D eigenvalue weighted by atomic mass is 35.5. The van der Waals surface area contributed by atoms with E-state index < -0.39 is 0 Å². The minimum Gasteiger partial charge on any atom is -0.462 e. The van der Waals surface area contributed by atoms with Crippen LogP contribution in [0, 0.1) is 5.82 Å². The fourth-order valence-electron chi connectivity index (χ4n) is 2.54. The summed E-state index contributed by atoms with van der Waals surface area (Å²) in [6.07, 6.45) is 3.38. The van der Waals surface area contributed by atoms with E-state index in [2.05, 4.69) is 15.7 Å². The third kappa shape index (κ3) is 5.75. The van der Waals surface area contributed by atoms with Gasteiger partial charge in [-0.1, -0.05) is 17.7 Å². The van der Waals surface area contributed by atoms with Crippen molar-refractivity contribution in [2.75, 3.05) is 17.2 Å². The molecule has 0 atom stereocenters. The molecule has 0 aliphatic heterocycles. The summed E-state index contributed by atoms with van der Waals surface area (Å²) in [6, 6.07) is 11.0. The van der Waals surface area contributed by atoms with E-state index in [0.29, 0.717) is 34.5 Å². The largest absolute Gasteiger partial charge is 0.462 e. The Morgan fingerprint density at radius 3 is 2.62 bits per heavy atom. The first-order valence-corrected chi connectivity index (χ1v) is 9.55. The van der Waals surface area contributed by atoms with Gasteiger partial charge in [0.05, 0.1) is 30.6 Å². The van der Waals surface area contributed by atoms with Gasteiger partial charge in [-0.15, -0.1) is 0 Å². The standard InChI is InChI=1S/C20H18ClFN4O2S/c1-2-28-19(27)13-4-7-16(8-5-13)24-20(29)25-17-10-23-26(12-17)11-14-3-6-15(22)9-18(14)21/h3-10,12H,2,11H2,1H3,(H2,24,25,29). The van der Waals surface area contributed by atoms with Crippen molar-refractivity contribution in [3.63, 3.8) is 0 Å². The second-order valence-electron chi connectivity index (χ2n) is 6.04. The lowest BCUT2D eigenvalue weighted by atomic mass is 10.2. The maximum absolute atomic E-state index is 13.1. The Morgan fingerprint density at radius 2 is 1.93 bits per heavy atom. The lowest BCUT2D eigenvalue weighted by molar-refractivity contribution is 0.0526. The maximum Gasteiger partial charge on any atom is 0.338 e. The average molecular weight is 433 g/mol. The molecule has 0 aliphatic rings. The van der Waals surface area contributed by atoms with E-state index in [1.807, 2.05) is 0 Å². The SMILES string of the molecule is CCOC(=O)c1ccc(NC(=S)Nc2cnn(Cc3ccc(F)cc3Cl)c2)cc1. The molecule has 6 nitrogen and oxygen atoms in total. The van der Waals surface area contributed by atoms with Crippen molar-refractivity contribution < 1.29 is 13.9 Å². The molecular formula is C20H18ClFN4O2S. The predicted molar refractivity (Wildman–Crippen MR) is 115 cm³/mol. The van der Waals surface area contributed by atoms with Gasteiger partial charge in [-0.05, 0) is 61.1 Å². The molecule has 29 heavy (non-hydrogen) atoms. The van der Waals surface area contributed by atoms with Crippen LogP contribution in [0.5, 0.6) is 0 Å². The van der Waals surface area contributed by atoms with Crippen LogP contribution in [-0.2, 0) is 11.3 Å². The molecule has 0 saturated heterocycles. The number of hydrogen-bond donors (Lipinski definition) is 2. The van der Waals surface area contributed by atoms with Gasteiger partial charge >= 0.3 is 5.97 Å². The number of benzene rings is 2. The molecule has 1 aromatic heterocycles. The number of aromatic nitrogens is 2. The summed E-state index contributed by atoms with van der Waals surface area (Å²) in [4.78, 5) is 11.7. The monoisotopic (exact) mass is 432 g/mol. The number of carbonyl (C=O) groups is 1. The van der Waals surface area contributed by atoms with Crippen molar-refractivity contribution >= 4 is 46.3 Å². The van der Waals surface area contributed by atoms with E-state index in [-0.39, 0.29) is 11.8 Å². The van der Waals surface area contributed by atoms with E-state index >= 15 is 0 Å². The van der Waals surface area contributed by atoms with Crippen LogP contribution in [0.2, 0.25) is 5.02 Å². The summed E-state index contributed by atoms with van der Waals surface area (Å²) in [5, 5.41) is 11.0. The summed E-state index contributed by atoms with van der Waals surface area (Å²) in [7, 11) is 0. The zero-order chi connectivity index (χ0) is 20.8. The molecule has 2 N–H and O–H groups in total. The number of rotatable bonds is 6. The van der Waals surface area contributed by atoms with Crippen LogP contribution in [0.4, 0.5) is 15.8 Å². The first-order valence-electron chi connectivity index (χ1n) is 8.76. The van der Waals surface area contributed by atoms with Crippen LogP contribution < -0.4 is 10.6 Å². The Morgan fingerprint density at radius 1 is 1.21 bits per heavy atom. The molecule has 3 rings (SSSR count). The van der Waals surface area contributed by atoms with Crippen LogP contribution in [-0.4, -0.2) is 27.5 Å². The molecule has 3 aromatic rings. The summed E-state index contributed by atoms with van der Waals surface area (Å²) in [5.74, 6) is -0.748. The second-order valence-corrected chi connectivity index (χ2v) is 6.85.